The summed E-state index contributed by atoms with van der Waals surface area (Å²) in [7, 11) is 0. The van der Waals surface area contributed by atoms with Gasteiger partial charge in [0.15, 0.2) is 0 Å². The molecule has 0 radical (unpaired) electrons. The number of aryl methyl sites for hydroxylation is 1. The lowest BCUT2D eigenvalue weighted by molar-refractivity contribution is 0.196. The molecule has 1 aliphatic heterocycles. The third kappa shape index (κ3) is 3.82. The standard InChI is InChI=1S/C16H26N2/c1-3-6-16-13-18(12-10-17-16)11-9-15-8-5-4-7-14(15)2/h4-5,7-8,16-17H,3,6,9-13H2,1-2H3. The van der Waals surface area contributed by atoms with E-state index in [2.05, 4.69) is 48.3 Å². The Morgan fingerprint density at radius 1 is 1.33 bits per heavy atom. The van der Waals surface area contributed by atoms with Crippen molar-refractivity contribution in [3.05, 3.63) is 35.4 Å². The van der Waals surface area contributed by atoms with Gasteiger partial charge < -0.3 is 10.2 Å². The molecular weight excluding hydrogens is 220 g/mol. The van der Waals surface area contributed by atoms with Crippen molar-refractivity contribution >= 4 is 0 Å². The third-order valence-electron chi connectivity index (χ3n) is 3.94. The predicted molar refractivity (Wildman–Crippen MR) is 78.0 cm³/mol. The Morgan fingerprint density at radius 3 is 2.94 bits per heavy atom. The normalized spacial score (nSPS) is 21.1. The average molecular weight is 246 g/mol. The van der Waals surface area contributed by atoms with Crippen molar-refractivity contribution in [2.75, 3.05) is 26.2 Å². The van der Waals surface area contributed by atoms with Crippen LogP contribution in [-0.4, -0.2) is 37.1 Å². The molecule has 1 heterocycles. The lowest BCUT2D eigenvalue weighted by Gasteiger charge is -2.33. The van der Waals surface area contributed by atoms with E-state index in [-0.39, 0.29) is 0 Å². The summed E-state index contributed by atoms with van der Waals surface area (Å²) in [5.74, 6) is 0. The summed E-state index contributed by atoms with van der Waals surface area (Å²) >= 11 is 0. The molecule has 1 atom stereocenters. The lowest BCUT2D eigenvalue weighted by Crippen LogP contribution is -2.50. The van der Waals surface area contributed by atoms with Crippen LogP contribution >= 0.6 is 0 Å². The maximum Gasteiger partial charge on any atom is 0.0195 e. The summed E-state index contributed by atoms with van der Waals surface area (Å²) in [4.78, 5) is 2.61. The van der Waals surface area contributed by atoms with Gasteiger partial charge in [-0.05, 0) is 30.9 Å². The Kier molecular flexibility index (Phi) is 5.21. The summed E-state index contributed by atoms with van der Waals surface area (Å²) < 4.78 is 0. The molecule has 1 unspecified atom stereocenters. The first-order valence-corrected chi connectivity index (χ1v) is 7.30. The third-order valence-corrected chi connectivity index (χ3v) is 3.94. The fraction of sp³-hybridized carbons (Fsp3) is 0.625. The van der Waals surface area contributed by atoms with Crippen LogP contribution in [0.15, 0.2) is 24.3 Å². The quantitative estimate of drug-likeness (QED) is 0.859. The fourth-order valence-corrected chi connectivity index (χ4v) is 2.81. The molecule has 0 saturated carbocycles. The molecule has 1 aromatic carbocycles. The van der Waals surface area contributed by atoms with Crippen LogP contribution in [0.1, 0.15) is 30.9 Å². The Balaban J connectivity index is 1.81. The minimum atomic E-state index is 0.709. The predicted octanol–water partition coefficient (Wildman–Crippen LogP) is 2.61. The highest BCUT2D eigenvalue weighted by Gasteiger charge is 2.17. The lowest BCUT2D eigenvalue weighted by atomic mass is 10.0. The van der Waals surface area contributed by atoms with E-state index >= 15 is 0 Å². The van der Waals surface area contributed by atoms with E-state index in [1.54, 1.807) is 0 Å². The number of benzene rings is 1. The topological polar surface area (TPSA) is 15.3 Å². The second-order valence-corrected chi connectivity index (χ2v) is 5.42. The Labute approximate surface area is 111 Å². The van der Waals surface area contributed by atoms with Crippen LogP contribution in [0.25, 0.3) is 0 Å². The van der Waals surface area contributed by atoms with E-state index in [4.69, 9.17) is 0 Å². The number of nitrogens with zero attached hydrogens (tertiary/aromatic N) is 1. The first kappa shape index (κ1) is 13.6. The largest absolute Gasteiger partial charge is 0.311 e. The maximum atomic E-state index is 3.62. The van der Waals surface area contributed by atoms with Crippen molar-refractivity contribution in [2.24, 2.45) is 0 Å². The molecule has 18 heavy (non-hydrogen) atoms. The molecule has 0 bridgehead atoms. The minimum Gasteiger partial charge on any atom is -0.311 e. The molecule has 0 aliphatic carbocycles. The zero-order chi connectivity index (χ0) is 12.8. The number of hydrogen-bond acceptors (Lipinski definition) is 2. The van der Waals surface area contributed by atoms with Gasteiger partial charge in [-0.25, -0.2) is 0 Å². The molecule has 2 nitrogen and oxygen atoms in total. The van der Waals surface area contributed by atoms with Gasteiger partial charge >= 0.3 is 0 Å². The van der Waals surface area contributed by atoms with E-state index in [1.165, 1.54) is 50.0 Å². The molecule has 0 amide bonds. The molecule has 2 rings (SSSR count). The van der Waals surface area contributed by atoms with Crippen LogP contribution in [0.4, 0.5) is 0 Å². The Morgan fingerprint density at radius 2 is 2.17 bits per heavy atom. The van der Waals surface area contributed by atoms with Gasteiger partial charge in [-0.3, -0.25) is 0 Å². The molecule has 1 fully saturated rings. The van der Waals surface area contributed by atoms with Crippen LogP contribution < -0.4 is 5.32 Å². The van der Waals surface area contributed by atoms with Crippen LogP contribution in [0.2, 0.25) is 0 Å². The SMILES string of the molecule is CCCC1CN(CCc2ccccc2C)CCN1. The second-order valence-electron chi connectivity index (χ2n) is 5.42. The maximum absolute atomic E-state index is 3.62. The molecule has 1 N–H and O–H groups in total. The van der Waals surface area contributed by atoms with Gasteiger partial charge in [0.1, 0.15) is 0 Å². The van der Waals surface area contributed by atoms with Crippen molar-refractivity contribution in [1.29, 1.82) is 0 Å². The summed E-state index contributed by atoms with van der Waals surface area (Å²) in [6, 6.07) is 9.47. The fourth-order valence-electron chi connectivity index (χ4n) is 2.81. The highest BCUT2D eigenvalue weighted by Crippen LogP contribution is 2.10. The van der Waals surface area contributed by atoms with Gasteiger partial charge in [0.25, 0.3) is 0 Å². The van der Waals surface area contributed by atoms with Gasteiger partial charge in [-0.15, -0.1) is 0 Å². The van der Waals surface area contributed by atoms with Crippen molar-refractivity contribution < 1.29 is 0 Å². The number of nitrogens with one attached hydrogen (secondary N) is 1. The van der Waals surface area contributed by atoms with Crippen molar-refractivity contribution in [3.8, 4) is 0 Å². The summed E-state index contributed by atoms with van der Waals surface area (Å²) in [6.07, 6.45) is 3.77. The van der Waals surface area contributed by atoms with E-state index in [0.29, 0.717) is 6.04 Å². The molecule has 2 heteroatoms. The highest BCUT2D eigenvalue weighted by molar-refractivity contribution is 5.25. The summed E-state index contributed by atoms with van der Waals surface area (Å²) in [6.45, 7) is 9.26. The van der Waals surface area contributed by atoms with E-state index in [1.807, 2.05) is 0 Å². The van der Waals surface area contributed by atoms with Gasteiger partial charge in [-0.2, -0.15) is 0 Å². The zero-order valence-corrected chi connectivity index (χ0v) is 11.8. The molecule has 100 valence electrons. The molecule has 1 saturated heterocycles. The molecule has 1 aliphatic rings. The van der Waals surface area contributed by atoms with Gasteiger partial charge in [-0.1, -0.05) is 37.6 Å². The minimum absolute atomic E-state index is 0.709. The van der Waals surface area contributed by atoms with Gasteiger partial charge in [0.2, 0.25) is 0 Å². The van der Waals surface area contributed by atoms with Crippen LogP contribution in [0, 0.1) is 6.92 Å². The number of hydrogen-bond donors (Lipinski definition) is 1. The van der Waals surface area contributed by atoms with Crippen molar-refractivity contribution in [3.63, 3.8) is 0 Å². The molecular formula is C16H26N2. The second kappa shape index (κ2) is 6.91. The van der Waals surface area contributed by atoms with Crippen molar-refractivity contribution in [2.45, 2.75) is 39.2 Å². The smallest absolute Gasteiger partial charge is 0.0195 e. The van der Waals surface area contributed by atoms with Crippen LogP contribution in [0.3, 0.4) is 0 Å². The van der Waals surface area contributed by atoms with E-state index < -0.39 is 0 Å². The molecule has 1 aromatic rings. The summed E-state index contributed by atoms with van der Waals surface area (Å²) in [5, 5.41) is 3.62. The highest BCUT2D eigenvalue weighted by atomic mass is 15.2. The van der Waals surface area contributed by atoms with Crippen LogP contribution in [-0.2, 0) is 6.42 Å². The van der Waals surface area contributed by atoms with E-state index in [9.17, 15) is 0 Å². The van der Waals surface area contributed by atoms with Gasteiger partial charge in [0.05, 0.1) is 0 Å². The van der Waals surface area contributed by atoms with E-state index in [0.717, 1.165) is 6.54 Å². The summed E-state index contributed by atoms with van der Waals surface area (Å²) in [5.41, 5.74) is 2.93. The van der Waals surface area contributed by atoms with Gasteiger partial charge in [0, 0.05) is 32.2 Å². The molecule has 0 aromatic heterocycles. The van der Waals surface area contributed by atoms with Crippen molar-refractivity contribution in [1.82, 2.24) is 10.2 Å². The monoisotopic (exact) mass is 246 g/mol. The Hall–Kier alpha value is -0.860. The first-order chi connectivity index (χ1) is 8.79. The zero-order valence-electron chi connectivity index (χ0n) is 11.8. The Bertz CT molecular complexity index is 360. The average Bonchev–Trinajstić information content (AvgIpc) is 2.39. The molecule has 0 spiro atoms. The van der Waals surface area contributed by atoms with Crippen LogP contribution in [0.5, 0.6) is 0 Å². The number of piperazine rings is 1. The number of rotatable bonds is 5. The first-order valence-electron chi connectivity index (χ1n) is 7.30.